The Labute approximate surface area is 323 Å². The number of aliphatic hydroxyl groups is 2. The number of rotatable bonds is 9. The second-order valence-corrected chi connectivity index (χ2v) is 17.1. The summed E-state index contributed by atoms with van der Waals surface area (Å²) in [5, 5.41) is 27.6. The predicted molar refractivity (Wildman–Crippen MR) is 215 cm³/mol. The molecule has 12 heteroatoms. The van der Waals surface area contributed by atoms with E-state index in [1.54, 1.807) is 11.9 Å². The highest BCUT2D eigenvalue weighted by molar-refractivity contribution is 6.09. The van der Waals surface area contributed by atoms with Crippen molar-refractivity contribution in [2.45, 2.75) is 115 Å². The number of nitrogens with zero attached hydrogens (tertiary/aromatic N) is 6. The van der Waals surface area contributed by atoms with Gasteiger partial charge in [-0.05, 0) is 129 Å². The molecule has 5 heterocycles. The van der Waals surface area contributed by atoms with Gasteiger partial charge < -0.3 is 34.8 Å². The lowest BCUT2D eigenvalue weighted by Gasteiger charge is -2.48. The first-order chi connectivity index (χ1) is 26.3. The monoisotopic (exact) mass is 748 g/mol. The lowest BCUT2D eigenvalue weighted by Crippen LogP contribution is -2.59. The minimum Gasteiger partial charge on any atom is -0.381 e. The molecule has 4 N–H and O–H groups in total. The van der Waals surface area contributed by atoms with E-state index in [1.165, 1.54) is 33.1 Å². The number of piperidine rings is 2. The summed E-state index contributed by atoms with van der Waals surface area (Å²) in [6.07, 6.45) is 7.79. The van der Waals surface area contributed by atoms with Gasteiger partial charge in [0, 0.05) is 53.7 Å². The number of aryl methyl sites for hydroxylation is 1. The molecule has 1 saturated carbocycles. The van der Waals surface area contributed by atoms with Crippen LogP contribution in [0.5, 0.6) is 0 Å². The first kappa shape index (κ1) is 37.6. The van der Waals surface area contributed by atoms with Crippen LogP contribution in [-0.4, -0.2) is 97.3 Å². The number of nitrogens with one attached hydrogen (secondary N) is 2. The second-order valence-electron chi connectivity index (χ2n) is 17.1. The number of carbonyl (C=O) groups is 2. The van der Waals surface area contributed by atoms with Crippen LogP contribution in [0.3, 0.4) is 0 Å². The number of hydrogen-bond acceptors (Lipinski definition) is 9. The van der Waals surface area contributed by atoms with Gasteiger partial charge in [-0.2, -0.15) is 0 Å². The summed E-state index contributed by atoms with van der Waals surface area (Å²) in [5.74, 6) is 0.497. The van der Waals surface area contributed by atoms with Gasteiger partial charge in [0.15, 0.2) is 5.82 Å². The number of anilines is 3. The van der Waals surface area contributed by atoms with E-state index in [0.717, 1.165) is 76.3 Å². The number of aromatic nitrogens is 3. The van der Waals surface area contributed by atoms with E-state index in [-0.39, 0.29) is 23.9 Å². The quantitative estimate of drug-likeness (QED) is 0.153. The van der Waals surface area contributed by atoms with E-state index in [1.807, 2.05) is 37.5 Å². The molecule has 4 aromatic rings. The number of benzene rings is 2. The number of pyridine rings is 1. The predicted octanol–water partition coefficient (Wildman–Crippen LogP) is 5.94. The molecule has 2 amide bonds. The number of likely N-dealkylation sites (tertiary alicyclic amines) is 2. The fraction of sp³-hybridized carbons (Fsp3) is 0.535. The lowest BCUT2D eigenvalue weighted by atomic mass is 9.73. The molecule has 1 aliphatic carbocycles. The smallest absolute Gasteiger partial charge is 0.253 e. The number of carbonyl (C=O) groups excluding carboxylic acids is 2. The van der Waals surface area contributed by atoms with Crippen LogP contribution in [0.15, 0.2) is 48.8 Å². The minimum atomic E-state index is -1.46. The van der Waals surface area contributed by atoms with Gasteiger partial charge in [0.1, 0.15) is 17.3 Å². The fourth-order valence-corrected chi connectivity index (χ4v) is 9.42. The van der Waals surface area contributed by atoms with E-state index in [4.69, 9.17) is 9.97 Å². The first-order valence-electron chi connectivity index (χ1n) is 20.1. The van der Waals surface area contributed by atoms with Gasteiger partial charge >= 0.3 is 0 Å². The molecule has 12 nitrogen and oxygen atoms in total. The largest absolute Gasteiger partial charge is 0.381 e. The van der Waals surface area contributed by atoms with Crippen molar-refractivity contribution in [3.63, 3.8) is 0 Å². The zero-order valence-electron chi connectivity index (χ0n) is 33.1. The summed E-state index contributed by atoms with van der Waals surface area (Å²) in [6.45, 7) is 12.4. The number of hydrogen-bond donors (Lipinski definition) is 4. The Kier molecular flexibility index (Phi) is 9.76. The van der Waals surface area contributed by atoms with Crippen molar-refractivity contribution in [1.29, 1.82) is 0 Å². The van der Waals surface area contributed by atoms with Gasteiger partial charge in [0.05, 0.1) is 23.0 Å². The third kappa shape index (κ3) is 6.60. The van der Waals surface area contributed by atoms with E-state index >= 15 is 0 Å². The maximum absolute atomic E-state index is 14.9. The number of fused-ring (bicyclic) bond motifs is 3. The average molecular weight is 749 g/mol. The topological polar surface area (TPSA) is 139 Å². The van der Waals surface area contributed by atoms with E-state index in [0.29, 0.717) is 37.8 Å². The van der Waals surface area contributed by atoms with Crippen LogP contribution in [0.2, 0.25) is 0 Å². The van der Waals surface area contributed by atoms with Gasteiger partial charge in [-0.3, -0.25) is 14.9 Å². The van der Waals surface area contributed by atoms with Gasteiger partial charge in [-0.25, -0.2) is 9.97 Å². The van der Waals surface area contributed by atoms with Crippen LogP contribution in [0, 0.1) is 6.92 Å². The molecule has 1 unspecified atom stereocenters. The highest BCUT2D eigenvalue weighted by Gasteiger charge is 2.56. The van der Waals surface area contributed by atoms with Crippen molar-refractivity contribution in [3.8, 4) is 11.3 Å². The highest BCUT2D eigenvalue weighted by Crippen LogP contribution is 2.52. The molecule has 292 valence electrons. The molecule has 3 aliphatic heterocycles. The Balaban J connectivity index is 1.18. The number of imidazole rings is 1. The second kappa shape index (κ2) is 14.3. The van der Waals surface area contributed by atoms with Gasteiger partial charge in [-0.1, -0.05) is 24.6 Å². The van der Waals surface area contributed by atoms with Gasteiger partial charge in [0.2, 0.25) is 5.91 Å². The Morgan fingerprint density at radius 3 is 2.38 bits per heavy atom. The maximum atomic E-state index is 14.9. The van der Waals surface area contributed by atoms with Crippen LogP contribution in [-0.2, 0) is 15.0 Å². The van der Waals surface area contributed by atoms with Crippen molar-refractivity contribution in [3.05, 3.63) is 65.5 Å². The summed E-state index contributed by atoms with van der Waals surface area (Å²) in [5.41, 5.74) is 5.68. The Bertz CT molecular complexity index is 2100. The molecule has 0 radical (unpaired) electrons. The summed E-state index contributed by atoms with van der Waals surface area (Å²) in [7, 11) is 1.73. The Morgan fingerprint density at radius 1 is 0.982 bits per heavy atom. The zero-order valence-corrected chi connectivity index (χ0v) is 33.1. The third-order valence-corrected chi connectivity index (χ3v) is 12.7. The Hall–Kier alpha value is -4.36. The SMILES string of the molecule is CNC(O)c1cc(Nc2nc(-c3ccc4c(c3)N([C@H]3C[C@@H](N5CCCCC5)C3)C(=O)C43CCN(C(=O)C(C)(C)O)CC3)cc3ncn(C(C)C)c23)ccc1C. The summed E-state index contributed by atoms with van der Waals surface area (Å²) >= 11 is 0. The third-order valence-electron chi connectivity index (χ3n) is 12.7. The van der Waals surface area contributed by atoms with Crippen LogP contribution >= 0.6 is 0 Å². The van der Waals surface area contributed by atoms with Crippen molar-refractivity contribution in [1.82, 2.24) is 29.7 Å². The van der Waals surface area contributed by atoms with Crippen LogP contribution < -0.4 is 15.5 Å². The molecule has 4 aliphatic rings. The highest BCUT2D eigenvalue weighted by atomic mass is 16.3. The Morgan fingerprint density at radius 2 is 1.71 bits per heavy atom. The van der Waals surface area contributed by atoms with Crippen molar-refractivity contribution < 1.29 is 19.8 Å². The average Bonchev–Trinajstić information content (AvgIpc) is 3.69. The number of amides is 2. The molecule has 0 bridgehead atoms. The molecule has 55 heavy (non-hydrogen) atoms. The van der Waals surface area contributed by atoms with Crippen molar-refractivity contribution in [2.24, 2.45) is 0 Å². The minimum absolute atomic E-state index is 0.113. The molecule has 2 aromatic carbocycles. The van der Waals surface area contributed by atoms with Crippen LogP contribution in [0.1, 0.15) is 102 Å². The molecule has 1 spiro atoms. The molecular formula is C43H56N8O4. The van der Waals surface area contributed by atoms with Crippen LogP contribution in [0.4, 0.5) is 17.2 Å². The summed E-state index contributed by atoms with van der Waals surface area (Å²) < 4.78 is 2.11. The standard InChI is InChI=1S/C43H56N8O4/c1-26(2)50-25-45-35-24-34(47-38(37(35)50)46-29-12-10-27(3)32(21-29)39(52)44-6)28-11-13-33-36(20-28)51(31-22-30(23-31)48-16-8-7-9-17-48)41(54)43(33)14-18-49(19-15-43)40(53)42(4,5)55/h10-13,20-21,24-26,30-31,39,44,52,55H,7-9,14-19,22-23H2,1-6H3,(H,46,47)/t30-,31+,39?. The van der Waals surface area contributed by atoms with Gasteiger partial charge in [0.25, 0.3) is 5.91 Å². The first-order valence-corrected chi connectivity index (χ1v) is 20.1. The van der Waals surface area contributed by atoms with Crippen molar-refractivity contribution >= 4 is 40.0 Å². The molecule has 2 aromatic heterocycles. The zero-order chi connectivity index (χ0) is 38.8. The molecule has 3 fully saturated rings. The molecule has 8 rings (SSSR count). The summed E-state index contributed by atoms with van der Waals surface area (Å²) in [4.78, 5) is 44.5. The molecular weight excluding hydrogens is 693 g/mol. The van der Waals surface area contributed by atoms with Crippen molar-refractivity contribution in [2.75, 3.05) is 43.4 Å². The van der Waals surface area contributed by atoms with E-state index in [9.17, 15) is 19.8 Å². The molecule has 1 atom stereocenters. The van der Waals surface area contributed by atoms with E-state index < -0.39 is 17.2 Å². The maximum Gasteiger partial charge on any atom is 0.253 e. The van der Waals surface area contributed by atoms with E-state index in [2.05, 4.69) is 57.0 Å². The fourth-order valence-electron chi connectivity index (χ4n) is 9.42. The van der Waals surface area contributed by atoms with Crippen LogP contribution in [0.25, 0.3) is 22.3 Å². The molecule has 2 saturated heterocycles. The normalized spacial score (nSPS) is 22.0. The summed E-state index contributed by atoms with van der Waals surface area (Å²) in [6, 6.07) is 15.1. The number of aliphatic hydroxyl groups excluding tert-OH is 1. The van der Waals surface area contributed by atoms with Gasteiger partial charge in [-0.15, -0.1) is 0 Å². The lowest BCUT2D eigenvalue weighted by molar-refractivity contribution is -0.150.